The molecular weight excluding hydrogens is 600 g/mol. The number of hydrogen-bond donors (Lipinski definition) is 5. The summed E-state index contributed by atoms with van der Waals surface area (Å²) in [6.45, 7) is 3.76. The van der Waals surface area contributed by atoms with Gasteiger partial charge in [-0.15, -0.1) is 0 Å². The van der Waals surface area contributed by atoms with Gasteiger partial charge in [-0.25, -0.2) is 18.4 Å². The highest BCUT2D eigenvalue weighted by molar-refractivity contribution is 5.93. The summed E-state index contributed by atoms with van der Waals surface area (Å²) in [5.41, 5.74) is 0.727. The largest absolute Gasteiger partial charge is 0.467 e. The molecule has 2 aromatic carbocycles. The van der Waals surface area contributed by atoms with Crippen molar-refractivity contribution in [3.63, 3.8) is 0 Å². The maximum atomic E-state index is 14.4. The van der Waals surface area contributed by atoms with Crippen LogP contribution in [0.25, 0.3) is 0 Å². The van der Waals surface area contributed by atoms with E-state index in [1.54, 1.807) is 38.1 Å². The van der Waals surface area contributed by atoms with E-state index in [4.69, 9.17) is 4.74 Å². The lowest BCUT2D eigenvalue weighted by Gasteiger charge is -2.26. The first-order chi connectivity index (χ1) is 22.0. The van der Waals surface area contributed by atoms with Crippen molar-refractivity contribution < 1.29 is 37.5 Å². The highest BCUT2D eigenvalue weighted by atomic mass is 19.1. The zero-order valence-electron chi connectivity index (χ0n) is 26.1. The van der Waals surface area contributed by atoms with Crippen LogP contribution in [0, 0.1) is 17.6 Å². The van der Waals surface area contributed by atoms with E-state index in [-0.39, 0.29) is 31.1 Å². The summed E-state index contributed by atoms with van der Waals surface area (Å²) in [5.74, 6) is -3.65. The lowest BCUT2D eigenvalue weighted by atomic mass is 10.0. The minimum atomic E-state index is -1.27. The van der Waals surface area contributed by atoms with Gasteiger partial charge >= 0.3 is 12.0 Å². The van der Waals surface area contributed by atoms with Crippen LogP contribution in [0.4, 0.5) is 13.6 Å². The van der Waals surface area contributed by atoms with E-state index in [9.17, 15) is 32.8 Å². The Morgan fingerprint density at radius 2 is 1.78 bits per heavy atom. The predicted molar refractivity (Wildman–Crippen MR) is 166 cm³/mol. The minimum Gasteiger partial charge on any atom is -0.467 e. The second kappa shape index (κ2) is 17.6. The molecule has 0 saturated heterocycles. The summed E-state index contributed by atoms with van der Waals surface area (Å²) in [6.07, 6.45) is 3.83. The smallest absolute Gasteiger partial charge is 0.328 e. The topological polar surface area (TPSA) is 155 Å². The number of nitrogens with one attached hydrogen (secondary N) is 5. The van der Waals surface area contributed by atoms with Crippen LogP contribution in [-0.2, 0) is 36.8 Å². The van der Waals surface area contributed by atoms with Gasteiger partial charge in [0.1, 0.15) is 29.8 Å². The number of halogens is 2. The predicted octanol–water partition coefficient (Wildman–Crippen LogP) is 2.44. The lowest BCUT2D eigenvalue weighted by Crippen LogP contribution is -2.58. The van der Waals surface area contributed by atoms with Gasteiger partial charge in [-0.3, -0.25) is 14.4 Å². The Morgan fingerprint density at radius 1 is 1.02 bits per heavy atom. The van der Waals surface area contributed by atoms with Crippen LogP contribution in [-0.4, -0.2) is 67.5 Å². The third kappa shape index (κ3) is 11.3. The van der Waals surface area contributed by atoms with Gasteiger partial charge in [0.05, 0.1) is 13.2 Å². The van der Waals surface area contributed by atoms with E-state index in [1.807, 2.05) is 0 Å². The van der Waals surface area contributed by atoms with Crippen molar-refractivity contribution >= 4 is 29.7 Å². The molecule has 0 aromatic heterocycles. The number of urea groups is 1. The third-order valence-corrected chi connectivity index (χ3v) is 7.42. The number of ether oxygens (including phenoxy) is 1. The Balaban J connectivity index is 1.83. The van der Waals surface area contributed by atoms with Gasteiger partial charge in [0.2, 0.25) is 17.7 Å². The molecule has 11 nitrogen and oxygen atoms in total. The van der Waals surface area contributed by atoms with Crippen LogP contribution in [0.2, 0.25) is 0 Å². The van der Waals surface area contributed by atoms with Crippen molar-refractivity contribution in [3.8, 4) is 0 Å². The summed E-state index contributed by atoms with van der Waals surface area (Å²) in [6, 6.07) is 6.64. The second-order valence-corrected chi connectivity index (χ2v) is 11.4. The van der Waals surface area contributed by atoms with Gasteiger partial charge in [0.25, 0.3) is 0 Å². The third-order valence-electron chi connectivity index (χ3n) is 7.42. The standard InChI is InChI=1S/C33H41F2N5O6/c1-20(2)29(32(44)46-3)40-33(45)39-27(18-21-9-8-11-23(34)17-21)31(43)38-26-13-6-7-16-36-28(41)15-14-24(37-30(26)42)19-22-10-4-5-12-25(22)35/h4-5,8-12,14-15,17,20,24,26-27,29H,6-7,13,16,18-19H2,1-3H3,(H,36,41)(H,37,42)(H,38,43)(H2,39,40,45)/b15-14-/t24-,26+,27+,29+/m1/s1. The fraction of sp³-hybridized carbons (Fsp3) is 0.424. The van der Waals surface area contributed by atoms with E-state index < -0.39 is 59.6 Å². The van der Waals surface area contributed by atoms with Crippen molar-refractivity contribution in [2.45, 2.75) is 70.1 Å². The van der Waals surface area contributed by atoms with Crippen LogP contribution in [0.15, 0.2) is 60.7 Å². The first-order valence-corrected chi connectivity index (χ1v) is 15.2. The van der Waals surface area contributed by atoms with E-state index in [2.05, 4.69) is 26.6 Å². The molecule has 0 bridgehead atoms. The van der Waals surface area contributed by atoms with Crippen LogP contribution in [0.1, 0.15) is 44.2 Å². The van der Waals surface area contributed by atoms with Gasteiger partial charge in [-0.2, -0.15) is 0 Å². The number of rotatable bonds is 10. The number of hydrogen-bond acceptors (Lipinski definition) is 6. The average molecular weight is 642 g/mol. The molecule has 2 aromatic rings. The Labute approximate surface area is 266 Å². The molecule has 0 saturated carbocycles. The molecule has 3 rings (SSSR count). The van der Waals surface area contributed by atoms with Gasteiger partial charge < -0.3 is 31.3 Å². The quantitative estimate of drug-likeness (QED) is 0.251. The minimum absolute atomic E-state index is 0.0456. The fourth-order valence-corrected chi connectivity index (χ4v) is 4.91. The zero-order valence-corrected chi connectivity index (χ0v) is 26.1. The Kier molecular flexibility index (Phi) is 13.7. The van der Waals surface area contributed by atoms with Gasteiger partial charge in [-0.1, -0.05) is 50.3 Å². The van der Waals surface area contributed by atoms with E-state index >= 15 is 0 Å². The molecule has 1 aliphatic heterocycles. The molecule has 0 unspecified atom stereocenters. The Hall–Kier alpha value is -4.81. The lowest BCUT2D eigenvalue weighted by molar-refractivity contribution is -0.144. The number of amides is 5. The number of methoxy groups -OCH3 is 1. The van der Waals surface area contributed by atoms with Crippen molar-refractivity contribution in [2.75, 3.05) is 13.7 Å². The molecule has 5 amide bonds. The van der Waals surface area contributed by atoms with Crippen LogP contribution >= 0.6 is 0 Å². The molecule has 0 spiro atoms. The summed E-state index contributed by atoms with van der Waals surface area (Å²) in [5, 5.41) is 13.3. The van der Waals surface area contributed by atoms with E-state index in [0.29, 0.717) is 30.5 Å². The molecule has 5 N–H and O–H groups in total. The summed E-state index contributed by atoms with van der Waals surface area (Å²) in [7, 11) is 1.19. The first kappa shape index (κ1) is 35.7. The molecule has 46 heavy (non-hydrogen) atoms. The van der Waals surface area contributed by atoms with Crippen LogP contribution < -0.4 is 26.6 Å². The molecule has 1 aliphatic rings. The van der Waals surface area contributed by atoms with Crippen molar-refractivity contribution in [2.24, 2.45) is 5.92 Å². The van der Waals surface area contributed by atoms with Crippen molar-refractivity contribution in [1.29, 1.82) is 0 Å². The molecule has 0 fully saturated rings. The highest BCUT2D eigenvalue weighted by Gasteiger charge is 2.30. The summed E-state index contributed by atoms with van der Waals surface area (Å²) in [4.78, 5) is 64.6. The molecule has 4 atom stereocenters. The van der Waals surface area contributed by atoms with Gasteiger partial charge in [-0.05, 0) is 60.9 Å². The number of carbonyl (C=O) groups excluding carboxylic acids is 5. The van der Waals surface area contributed by atoms with Crippen LogP contribution in [0.5, 0.6) is 0 Å². The normalized spacial score (nSPS) is 19.3. The molecule has 1 heterocycles. The van der Waals surface area contributed by atoms with Crippen molar-refractivity contribution in [3.05, 3.63) is 83.4 Å². The zero-order chi connectivity index (χ0) is 33.6. The van der Waals surface area contributed by atoms with E-state index in [0.717, 1.165) is 0 Å². The maximum absolute atomic E-state index is 14.4. The van der Waals surface area contributed by atoms with Crippen molar-refractivity contribution in [1.82, 2.24) is 26.6 Å². The average Bonchev–Trinajstić information content (AvgIpc) is 3.01. The van der Waals surface area contributed by atoms with E-state index in [1.165, 1.54) is 43.5 Å². The molecule has 0 radical (unpaired) electrons. The molecule has 13 heteroatoms. The second-order valence-electron chi connectivity index (χ2n) is 11.4. The number of benzene rings is 2. The Morgan fingerprint density at radius 3 is 2.48 bits per heavy atom. The summed E-state index contributed by atoms with van der Waals surface area (Å²) >= 11 is 0. The summed E-state index contributed by atoms with van der Waals surface area (Å²) < 4.78 is 33.2. The fourth-order valence-electron chi connectivity index (χ4n) is 4.91. The highest BCUT2D eigenvalue weighted by Crippen LogP contribution is 2.13. The van der Waals surface area contributed by atoms with Gasteiger partial charge in [0, 0.05) is 19.0 Å². The van der Waals surface area contributed by atoms with Gasteiger partial charge in [0.15, 0.2) is 0 Å². The molecule has 248 valence electrons. The maximum Gasteiger partial charge on any atom is 0.328 e. The molecular formula is C33H41F2N5O6. The number of esters is 1. The first-order valence-electron chi connectivity index (χ1n) is 15.2. The van der Waals surface area contributed by atoms with Crippen LogP contribution in [0.3, 0.4) is 0 Å². The Bertz CT molecular complexity index is 1420. The molecule has 0 aliphatic carbocycles. The number of carbonyl (C=O) groups is 5. The monoisotopic (exact) mass is 641 g/mol. The SMILES string of the molecule is COC(=O)[C@@H](NC(=O)N[C@@H](Cc1cccc(F)c1)C(=O)N[C@H]1CCCCNC(=O)/C=C\[C@H](Cc2ccccc2F)NC1=O)C(C)C.